The lowest BCUT2D eigenvalue weighted by atomic mass is 10.2. The number of hydrogen-bond acceptors (Lipinski definition) is 5. The van der Waals surface area contributed by atoms with Crippen LogP contribution in [0.25, 0.3) is 0 Å². The summed E-state index contributed by atoms with van der Waals surface area (Å²) in [5.41, 5.74) is 0.385. The van der Waals surface area contributed by atoms with Gasteiger partial charge in [-0.2, -0.15) is 0 Å². The summed E-state index contributed by atoms with van der Waals surface area (Å²) in [5.74, 6) is -0.311. The van der Waals surface area contributed by atoms with E-state index in [1.165, 1.54) is 23.1 Å². The lowest BCUT2D eigenvalue weighted by Gasteiger charge is -2.12. The smallest absolute Gasteiger partial charge is 0.305 e. The second kappa shape index (κ2) is 6.11. The van der Waals surface area contributed by atoms with Gasteiger partial charge in [0.1, 0.15) is 0 Å². The molecule has 0 fully saturated rings. The minimum atomic E-state index is -3.92. The molecule has 1 heterocycles. The fraction of sp³-hybridized carbons (Fsp3) is 0.167. The number of H-pyrrole nitrogens is 1. The number of anilines is 1. The third-order valence-corrected chi connectivity index (χ3v) is 5.47. The molecule has 0 aliphatic rings. The number of aromatic nitrogens is 1. The van der Waals surface area contributed by atoms with Gasteiger partial charge in [0.2, 0.25) is 0 Å². The lowest BCUT2D eigenvalue weighted by molar-refractivity contribution is 0.0827. The molecule has 0 atom stereocenters. The summed E-state index contributed by atoms with van der Waals surface area (Å²) in [6, 6.07) is 4.19. The topological polar surface area (TPSA) is 99.3 Å². The predicted molar refractivity (Wildman–Crippen MR) is 85.2 cm³/mol. The first-order valence-corrected chi connectivity index (χ1v) is 8.60. The molecule has 118 valence electrons. The molecule has 2 rings (SSSR count). The van der Waals surface area contributed by atoms with Gasteiger partial charge in [-0.1, -0.05) is 22.9 Å². The second-order valence-electron chi connectivity index (χ2n) is 4.53. The van der Waals surface area contributed by atoms with Crippen LogP contribution in [-0.4, -0.2) is 38.3 Å². The van der Waals surface area contributed by atoms with E-state index in [1.807, 2.05) is 0 Å². The highest BCUT2D eigenvalue weighted by Gasteiger charge is 2.18. The fourth-order valence-corrected chi connectivity index (χ4v) is 3.82. The minimum Gasteiger partial charge on any atom is -0.345 e. The van der Waals surface area contributed by atoms with Gasteiger partial charge in [-0.3, -0.25) is 14.3 Å². The number of nitrogens with zero attached hydrogens (tertiary/aromatic N) is 1. The van der Waals surface area contributed by atoms with Crippen molar-refractivity contribution < 1.29 is 13.2 Å². The molecule has 1 aromatic carbocycles. The van der Waals surface area contributed by atoms with E-state index in [1.54, 1.807) is 14.1 Å². The molecule has 1 amide bonds. The maximum absolute atomic E-state index is 12.1. The van der Waals surface area contributed by atoms with Gasteiger partial charge in [0, 0.05) is 30.9 Å². The Morgan fingerprint density at radius 3 is 2.55 bits per heavy atom. The molecule has 0 unspecified atom stereocenters. The molecule has 0 spiro atoms. The van der Waals surface area contributed by atoms with Crippen molar-refractivity contribution >= 4 is 44.6 Å². The number of aromatic amines is 1. The largest absolute Gasteiger partial charge is 0.345 e. The van der Waals surface area contributed by atoms with Crippen molar-refractivity contribution in [2.45, 2.75) is 4.21 Å². The van der Waals surface area contributed by atoms with E-state index in [0.717, 1.165) is 6.20 Å². The maximum Gasteiger partial charge on any atom is 0.305 e. The number of carbonyl (C=O) groups excluding carboxylic acids is 1. The van der Waals surface area contributed by atoms with Crippen molar-refractivity contribution in [2.24, 2.45) is 0 Å². The molecule has 0 radical (unpaired) electrons. The monoisotopic (exact) mass is 361 g/mol. The highest BCUT2D eigenvalue weighted by Crippen LogP contribution is 2.23. The third-order valence-electron chi connectivity index (χ3n) is 2.57. The normalized spacial score (nSPS) is 11.2. The van der Waals surface area contributed by atoms with Crippen molar-refractivity contribution in [3.63, 3.8) is 0 Å². The Labute approximate surface area is 135 Å². The number of sulfonamides is 1. The second-order valence-corrected chi connectivity index (χ2v) is 7.89. The number of thiazole rings is 1. The van der Waals surface area contributed by atoms with E-state index in [-0.39, 0.29) is 26.4 Å². The predicted octanol–water partition coefficient (Wildman–Crippen LogP) is 1.59. The summed E-state index contributed by atoms with van der Waals surface area (Å²) < 4.78 is 26.4. The van der Waals surface area contributed by atoms with E-state index in [2.05, 4.69) is 9.71 Å². The summed E-state index contributed by atoms with van der Waals surface area (Å²) >= 11 is 6.48. The SMILES string of the molecule is CN(C)C(=O)c1cc(Cl)cc(NS(=O)(=O)c2c[nH]c(=O)s2)c1. The van der Waals surface area contributed by atoms with Crippen molar-refractivity contribution in [3.8, 4) is 0 Å². The number of halogens is 1. The molecule has 7 nitrogen and oxygen atoms in total. The van der Waals surface area contributed by atoms with Crippen LogP contribution in [0.5, 0.6) is 0 Å². The molecular formula is C12H12ClN3O4S2. The van der Waals surface area contributed by atoms with E-state index in [4.69, 9.17) is 11.6 Å². The zero-order valence-corrected chi connectivity index (χ0v) is 14.0. The van der Waals surface area contributed by atoms with Crippen LogP contribution >= 0.6 is 22.9 Å². The van der Waals surface area contributed by atoms with Gasteiger partial charge in [0.05, 0.1) is 5.69 Å². The quantitative estimate of drug-likeness (QED) is 0.863. The molecule has 0 aliphatic heterocycles. The number of benzene rings is 1. The van der Waals surface area contributed by atoms with Crippen LogP contribution in [-0.2, 0) is 10.0 Å². The number of hydrogen-bond donors (Lipinski definition) is 2. The summed E-state index contributed by atoms with van der Waals surface area (Å²) in [6.45, 7) is 0. The number of rotatable bonds is 4. The average Bonchev–Trinajstić information content (AvgIpc) is 2.84. The Morgan fingerprint density at radius 1 is 1.32 bits per heavy atom. The summed E-state index contributed by atoms with van der Waals surface area (Å²) in [5, 5.41) is 0.215. The average molecular weight is 362 g/mol. The molecule has 2 aromatic rings. The van der Waals surface area contributed by atoms with Crippen LogP contribution in [0, 0.1) is 0 Å². The number of carbonyl (C=O) groups is 1. The Kier molecular flexibility index (Phi) is 4.59. The van der Waals surface area contributed by atoms with Gasteiger partial charge in [-0.25, -0.2) is 8.42 Å². The zero-order chi connectivity index (χ0) is 16.5. The van der Waals surface area contributed by atoms with Crippen molar-refractivity contribution in [3.05, 3.63) is 44.6 Å². The van der Waals surface area contributed by atoms with Crippen LogP contribution < -0.4 is 9.60 Å². The van der Waals surface area contributed by atoms with E-state index >= 15 is 0 Å². The van der Waals surface area contributed by atoms with Crippen molar-refractivity contribution in [1.82, 2.24) is 9.88 Å². The fourth-order valence-electron chi connectivity index (χ4n) is 1.64. The Balaban J connectivity index is 2.38. The highest BCUT2D eigenvalue weighted by atomic mass is 35.5. The summed E-state index contributed by atoms with van der Waals surface area (Å²) in [4.78, 5) is 26.1. The minimum absolute atomic E-state index is 0.138. The van der Waals surface area contributed by atoms with Crippen LogP contribution in [0.1, 0.15) is 10.4 Å². The first-order chi connectivity index (χ1) is 10.2. The van der Waals surface area contributed by atoms with Crippen LogP contribution in [0.15, 0.2) is 33.4 Å². The van der Waals surface area contributed by atoms with Gasteiger partial charge in [-0.15, -0.1) is 0 Å². The zero-order valence-electron chi connectivity index (χ0n) is 11.6. The van der Waals surface area contributed by atoms with Gasteiger partial charge in [-0.05, 0) is 18.2 Å². The Bertz CT molecular complexity index is 870. The van der Waals surface area contributed by atoms with Gasteiger partial charge in [0.15, 0.2) is 4.21 Å². The Hall–Kier alpha value is -1.84. The first-order valence-electron chi connectivity index (χ1n) is 5.92. The maximum atomic E-state index is 12.1. The molecule has 0 aliphatic carbocycles. The van der Waals surface area contributed by atoms with E-state index in [9.17, 15) is 18.0 Å². The van der Waals surface area contributed by atoms with Crippen LogP contribution in [0.4, 0.5) is 5.69 Å². The standard InChI is InChI=1S/C12H12ClN3O4S2/c1-16(2)11(17)7-3-8(13)5-9(4-7)15-22(19,20)10-6-14-12(18)21-10/h3-6,15H,1-2H3,(H,14,18). The molecular weight excluding hydrogens is 350 g/mol. The molecule has 0 bridgehead atoms. The van der Waals surface area contributed by atoms with Crippen LogP contribution in [0.2, 0.25) is 5.02 Å². The summed E-state index contributed by atoms with van der Waals surface area (Å²) in [7, 11) is -0.771. The first kappa shape index (κ1) is 16.5. The highest BCUT2D eigenvalue weighted by molar-refractivity contribution is 7.94. The molecule has 1 aromatic heterocycles. The van der Waals surface area contributed by atoms with Crippen molar-refractivity contribution in [2.75, 3.05) is 18.8 Å². The lowest BCUT2D eigenvalue weighted by Crippen LogP contribution is -2.22. The van der Waals surface area contributed by atoms with Crippen LogP contribution in [0.3, 0.4) is 0 Å². The summed E-state index contributed by atoms with van der Waals surface area (Å²) in [6.07, 6.45) is 1.10. The molecule has 22 heavy (non-hydrogen) atoms. The van der Waals surface area contributed by atoms with Crippen molar-refractivity contribution in [1.29, 1.82) is 0 Å². The third kappa shape index (κ3) is 3.67. The van der Waals surface area contributed by atoms with Gasteiger partial charge >= 0.3 is 4.87 Å². The van der Waals surface area contributed by atoms with E-state index < -0.39 is 14.9 Å². The van der Waals surface area contributed by atoms with Gasteiger partial charge < -0.3 is 9.88 Å². The molecule has 10 heteroatoms. The molecule has 2 N–H and O–H groups in total. The number of nitrogens with one attached hydrogen (secondary N) is 2. The Morgan fingerprint density at radius 2 is 2.00 bits per heavy atom. The van der Waals surface area contributed by atoms with E-state index in [0.29, 0.717) is 11.3 Å². The van der Waals surface area contributed by atoms with Gasteiger partial charge in [0.25, 0.3) is 15.9 Å². The molecule has 0 saturated carbocycles. The molecule has 0 saturated heterocycles. The number of amides is 1.